The Kier molecular flexibility index (Phi) is 6.20. The number of rotatable bonds is 5. The fraction of sp³-hybridized carbons (Fsp3) is 0.652. The van der Waals surface area contributed by atoms with Gasteiger partial charge in [-0.15, -0.1) is 0 Å². The van der Waals surface area contributed by atoms with Gasteiger partial charge in [-0.2, -0.15) is 0 Å². The summed E-state index contributed by atoms with van der Waals surface area (Å²) in [7, 11) is 0. The number of nitrogens with one attached hydrogen (secondary N) is 1. The number of pyridine rings is 1. The molecular formula is C23H32N4O2S. The SMILES string of the molecule is CCOc1nc(C2CNc3ncc([C@H]4CC[C@H](N5CCCOCC5)CC4)cc32)cs1. The first kappa shape index (κ1) is 20.2. The molecule has 0 aromatic carbocycles. The second-order valence-corrected chi connectivity index (χ2v) is 9.44. The molecule has 1 N–H and O–H groups in total. The van der Waals surface area contributed by atoms with Gasteiger partial charge in [0.05, 0.1) is 18.9 Å². The van der Waals surface area contributed by atoms with Crippen molar-refractivity contribution in [3.8, 4) is 5.19 Å². The predicted molar refractivity (Wildman–Crippen MR) is 120 cm³/mol. The summed E-state index contributed by atoms with van der Waals surface area (Å²) in [5, 5.41) is 6.37. The van der Waals surface area contributed by atoms with Crippen LogP contribution in [0.15, 0.2) is 17.6 Å². The normalized spacial score (nSPS) is 27.3. The van der Waals surface area contributed by atoms with Crippen molar-refractivity contribution in [2.45, 2.75) is 56.9 Å². The van der Waals surface area contributed by atoms with E-state index in [0.29, 0.717) is 12.5 Å². The third-order valence-electron chi connectivity index (χ3n) is 6.85. The van der Waals surface area contributed by atoms with Crippen molar-refractivity contribution in [3.63, 3.8) is 0 Å². The number of anilines is 1. The maximum absolute atomic E-state index is 5.64. The van der Waals surface area contributed by atoms with Gasteiger partial charge in [0.1, 0.15) is 5.82 Å². The van der Waals surface area contributed by atoms with E-state index in [4.69, 9.17) is 19.4 Å². The molecule has 5 rings (SSSR count). The standard InChI is InChI=1S/C23H32N4O2S/c1-2-29-23-26-21(15-30-23)20-14-25-22-19(20)12-17(13-24-22)16-4-6-18(7-5-16)27-8-3-10-28-11-9-27/h12-13,15-16,18,20H,2-11,14H2,1H3,(H,24,25)/t16-,18-,20?. The minimum absolute atomic E-state index is 0.270. The van der Waals surface area contributed by atoms with Gasteiger partial charge in [0, 0.05) is 55.3 Å². The highest BCUT2D eigenvalue weighted by atomic mass is 32.1. The average Bonchev–Trinajstić information content (AvgIpc) is 3.32. The summed E-state index contributed by atoms with van der Waals surface area (Å²) >= 11 is 1.59. The van der Waals surface area contributed by atoms with Crippen molar-refractivity contribution >= 4 is 17.2 Å². The zero-order valence-electron chi connectivity index (χ0n) is 17.8. The van der Waals surface area contributed by atoms with Crippen LogP contribution in [-0.4, -0.2) is 60.4 Å². The first-order valence-corrected chi connectivity index (χ1v) is 12.3. The smallest absolute Gasteiger partial charge is 0.273 e. The number of nitrogens with zero attached hydrogens (tertiary/aromatic N) is 3. The van der Waals surface area contributed by atoms with Gasteiger partial charge in [0.2, 0.25) is 0 Å². The lowest BCUT2D eigenvalue weighted by molar-refractivity contribution is 0.118. The van der Waals surface area contributed by atoms with Crippen molar-refractivity contribution in [3.05, 3.63) is 34.5 Å². The number of hydrogen-bond acceptors (Lipinski definition) is 7. The number of fused-ring (bicyclic) bond motifs is 1. The molecule has 2 fully saturated rings. The number of ether oxygens (including phenoxy) is 2. The van der Waals surface area contributed by atoms with Gasteiger partial charge in [-0.25, -0.2) is 9.97 Å². The molecule has 0 bridgehead atoms. The molecule has 1 aliphatic carbocycles. The van der Waals surface area contributed by atoms with Crippen LogP contribution in [-0.2, 0) is 4.74 Å². The summed E-state index contributed by atoms with van der Waals surface area (Å²) in [4.78, 5) is 12.2. The Morgan fingerprint density at radius 3 is 3.00 bits per heavy atom. The first-order valence-electron chi connectivity index (χ1n) is 11.5. The quantitative estimate of drug-likeness (QED) is 0.769. The summed E-state index contributed by atoms with van der Waals surface area (Å²) in [5.74, 6) is 1.91. The van der Waals surface area contributed by atoms with Crippen LogP contribution >= 0.6 is 11.3 Å². The molecule has 0 radical (unpaired) electrons. The molecular weight excluding hydrogens is 396 g/mol. The summed E-state index contributed by atoms with van der Waals surface area (Å²) in [6.07, 6.45) is 8.36. The highest BCUT2D eigenvalue weighted by Gasteiger charge is 2.31. The lowest BCUT2D eigenvalue weighted by Gasteiger charge is -2.36. The number of hydrogen-bond donors (Lipinski definition) is 1. The minimum Gasteiger partial charge on any atom is -0.470 e. The van der Waals surface area contributed by atoms with E-state index in [-0.39, 0.29) is 5.92 Å². The highest BCUT2D eigenvalue weighted by Crippen LogP contribution is 2.40. The van der Waals surface area contributed by atoms with Gasteiger partial charge in [-0.1, -0.05) is 11.3 Å². The average molecular weight is 429 g/mol. The third kappa shape index (κ3) is 4.20. The van der Waals surface area contributed by atoms with Crippen LogP contribution in [0.1, 0.15) is 67.7 Å². The largest absolute Gasteiger partial charge is 0.470 e. The Morgan fingerprint density at radius 2 is 2.13 bits per heavy atom. The topological polar surface area (TPSA) is 59.5 Å². The van der Waals surface area contributed by atoms with E-state index in [0.717, 1.165) is 49.1 Å². The molecule has 7 heteroatoms. The molecule has 2 aromatic rings. The molecule has 1 saturated heterocycles. The van der Waals surface area contributed by atoms with Crippen LogP contribution in [0.25, 0.3) is 0 Å². The van der Waals surface area contributed by atoms with Gasteiger partial charge in [0.25, 0.3) is 5.19 Å². The van der Waals surface area contributed by atoms with Crippen molar-refractivity contribution in [1.82, 2.24) is 14.9 Å². The van der Waals surface area contributed by atoms with Crippen LogP contribution in [0.2, 0.25) is 0 Å². The van der Waals surface area contributed by atoms with Crippen LogP contribution < -0.4 is 10.1 Å². The van der Waals surface area contributed by atoms with Crippen LogP contribution in [0.3, 0.4) is 0 Å². The van der Waals surface area contributed by atoms with E-state index in [2.05, 4.69) is 27.9 Å². The second kappa shape index (κ2) is 9.20. The molecule has 6 nitrogen and oxygen atoms in total. The fourth-order valence-corrected chi connectivity index (χ4v) is 6.01. The summed E-state index contributed by atoms with van der Waals surface area (Å²) < 4.78 is 11.2. The van der Waals surface area contributed by atoms with Crippen LogP contribution in [0, 0.1) is 0 Å². The van der Waals surface area contributed by atoms with Crippen molar-refractivity contribution in [1.29, 1.82) is 0 Å². The third-order valence-corrected chi connectivity index (χ3v) is 7.62. The Balaban J connectivity index is 1.26. The Morgan fingerprint density at radius 1 is 1.23 bits per heavy atom. The van der Waals surface area contributed by atoms with Gasteiger partial charge < -0.3 is 14.8 Å². The van der Waals surface area contributed by atoms with Crippen LogP contribution in [0.4, 0.5) is 5.82 Å². The van der Waals surface area contributed by atoms with E-state index >= 15 is 0 Å². The molecule has 0 amide bonds. The Labute approximate surface area is 183 Å². The van der Waals surface area contributed by atoms with Crippen LogP contribution in [0.5, 0.6) is 5.19 Å². The molecule has 30 heavy (non-hydrogen) atoms. The molecule has 2 aromatic heterocycles. The molecule has 1 saturated carbocycles. The monoisotopic (exact) mass is 428 g/mol. The second-order valence-electron chi connectivity index (χ2n) is 8.62. The molecule has 162 valence electrons. The van der Waals surface area contributed by atoms with E-state index in [1.54, 1.807) is 11.3 Å². The predicted octanol–water partition coefficient (Wildman–Crippen LogP) is 4.24. The minimum atomic E-state index is 0.270. The number of thiazole rings is 1. The zero-order chi connectivity index (χ0) is 20.3. The molecule has 0 spiro atoms. The maximum Gasteiger partial charge on any atom is 0.273 e. The van der Waals surface area contributed by atoms with Gasteiger partial charge in [-0.05, 0) is 56.6 Å². The fourth-order valence-electron chi connectivity index (χ4n) is 5.23. The molecule has 2 aliphatic heterocycles. The van der Waals surface area contributed by atoms with E-state index < -0.39 is 0 Å². The molecule has 1 atom stereocenters. The van der Waals surface area contributed by atoms with E-state index in [1.807, 2.05) is 6.92 Å². The highest BCUT2D eigenvalue weighted by molar-refractivity contribution is 7.11. The molecule has 4 heterocycles. The maximum atomic E-state index is 5.64. The lowest BCUT2D eigenvalue weighted by atomic mass is 9.81. The van der Waals surface area contributed by atoms with Crippen molar-refractivity contribution in [2.24, 2.45) is 0 Å². The Bertz CT molecular complexity index is 841. The number of aromatic nitrogens is 2. The first-order chi connectivity index (χ1) is 14.8. The van der Waals surface area contributed by atoms with Gasteiger partial charge >= 0.3 is 0 Å². The van der Waals surface area contributed by atoms with E-state index in [9.17, 15) is 0 Å². The summed E-state index contributed by atoms with van der Waals surface area (Å²) in [6, 6.07) is 3.13. The van der Waals surface area contributed by atoms with Crippen molar-refractivity contribution < 1.29 is 9.47 Å². The lowest BCUT2D eigenvalue weighted by Crippen LogP contribution is -2.39. The van der Waals surface area contributed by atoms with Gasteiger partial charge in [0.15, 0.2) is 0 Å². The summed E-state index contributed by atoms with van der Waals surface area (Å²) in [6.45, 7) is 7.63. The molecule has 3 aliphatic rings. The zero-order valence-corrected chi connectivity index (χ0v) is 18.6. The van der Waals surface area contributed by atoms with E-state index in [1.165, 1.54) is 49.8 Å². The van der Waals surface area contributed by atoms with Gasteiger partial charge in [-0.3, -0.25) is 4.90 Å². The van der Waals surface area contributed by atoms with Crippen molar-refractivity contribution in [2.75, 3.05) is 44.8 Å². The molecule has 1 unspecified atom stereocenters. The Hall–Kier alpha value is -1.70. The summed E-state index contributed by atoms with van der Waals surface area (Å²) in [5.41, 5.74) is 3.80.